The Kier molecular flexibility index (Phi) is 6.02. The largest absolute Gasteiger partial charge is 0.349 e. The molecule has 2 aromatic carbocycles. The Bertz CT molecular complexity index is 621. The van der Waals surface area contributed by atoms with E-state index in [9.17, 15) is 4.79 Å². The van der Waals surface area contributed by atoms with Crippen LogP contribution in [0.15, 0.2) is 60.7 Å². The Morgan fingerprint density at radius 1 is 1.08 bits per heavy atom. The monoisotopic (exact) mass is 322 g/mol. The number of carbonyl (C=O) groups is 1. The van der Waals surface area contributed by atoms with Gasteiger partial charge in [-0.2, -0.15) is 0 Å². The summed E-state index contributed by atoms with van der Waals surface area (Å²) in [5, 5.41) is 6.55. The minimum atomic E-state index is 0.100. The summed E-state index contributed by atoms with van der Waals surface area (Å²) in [6, 6.07) is 21.0. The van der Waals surface area contributed by atoms with E-state index in [-0.39, 0.29) is 17.9 Å². The lowest BCUT2D eigenvalue weighted by Gasteiger charge is -2.21. The van der Waals surface area contributed by atoms with Gasteiger partial charge in [-0.05, 0) is 43.4 Å². The first-order chi connectivity index (χ1) is 11.8. The van der Waals surface area contributed by atoms with Crippen molar-refractivity contribution >= 4 is 5.91 Å². The Balaban J connectivity index is 1.60. The lowest BCUT2D eigenvalue weighted by molar-refractivity contribution is -0.125. The number of hydrogen-bond acceptors (Lipinski definition) is 2. The van der Waals surface area contributed by atoms with Crippen molar-refractivity contribution in [3.63, 3.8) is 0 Å². The van der Waals surface area contributed by atoms with Crippen molar-refractivity contribution in [2.45, 2.75) is 31.7 Å². The van der Waals surface area contributed by atoms with E-state index < -0.39 is 0 Å². The molecule has 126 valence electrons. The molecule has 0 aliphatic carbocycles. The van der Waals surface area contributed by atoms with Gasteiger partial charge in [0.15, 0.2) is 0 Å². The smallest absolute Gasteiger partial charge is 0.224 e. The van der Waals surface area contributed by atoms with Crippen molar-refractivity contribution in [3.05, 3.63) is 71.8 Å². The number of benzene rings is 2. The molecule has 2 unspecified atom stereocenters. The van der Waals surface area contributed by atoms with Crippen LogP contribution in [-0.2, 0) is 11.2 Å². The summed E-state index contributed by atoms with van der Waals surface area (Å²) in [5.41, 5.74) is 2.56. The second-order valence-electron chi connectivity index (χ2n) is 6.54. The Hall–Kier alpha value is -2.13. The summed E-state index contributed by atoms with van der Waals surface area (Å²) < 4.78 is 0. The van der Waals surface area contributed by atoms with E-state index in [4.69, 9.17) is 0 Å². The van der Waals surface area contributed by atoms with Crippen molar-refractivity contribution < 1.29 is 4.79 Å². The van der Waals surface area contributed by atoms with Crippen molar-refractivity contribution in [1.82, 2.24) is 10.6 Å². The van der Waals surface area contributed by atoms with Gasteiger partial charge in [0.1, 0.15) is 0 Å². The van der Waals surface area contributed by atoms with E-state index in [1.807, 2.05) is 24.3 Å². The molecule has 0 saturated carbocycles. The van der Waals surface area contributed by atoms with Crippen LogP contribution in [0.3, 0.4) is 0 Å². The maximum Gasteiger partial charge on any atom is 0.224 e. The molecule has 1 amide bonds. The Morgan fingerprint density at radius 3 is 2.46 bits per heavy atom. The van der Waals surface area contributed by atoms with Gasteiger partial charge in [-0.3, -0.25) is 4.79 Å². The zero-order valence-corrected chi connectivity index (χ0v) is 14.1. The van der Waals surface area contributed by atoms with Crippen LogP contribution in [0.25, 0.3) is 0 Å². The first kappa shape index (κ1) is 16.7. The molecule has 0 spiro atoms. The standard InChI is InChI=1S/C21H26N2O/c24-21(19-14-15-22-16-19)23-20(18-11-5-2-6-12-18)13-7-10-17-8-3-1-4-9-17/h1-6,8-9,11-12,19-20,22H,7,10,13-16H2,(H,23,24). The third-order valence-electron chi connectivity index (χ3n) is 4.75. The summed E-state index contributed by atoms with van der Waals surface area (Å²) in [6.45, 7) is 1.75. The summed E-state index contributed by atoms with van der Waals surface area (Å²) in [6.07, 6.45) is 4.01. The fraction of sp³-hybridized carbons (Fsp3) is 0.381. The highest BCUT2D eigenvalue weighted by Gasteiger charge is 2.24. The zero-order valence-electron chi connectivity index (χ0n) is 14.1. The van der Waals surface area contributed by atoms with Crippen LogP contribution in [0.1, 0.15) is 36.4 Å². The van der Waals surface area contributed by atoms with E-state index in [0.29, 0.717) is 0 Å². The van der Waals surface area contributed by atoms with E-state index in [2.05, 4.69) is 47.0 Å². The van der Waals surface area contributed by atoms with E-state index in [0.717, 1.165) is 38.8 Å². The second kappa shape index (κ2) is 8.65. The molecule has 0 aromatic heterocycles. The molecule has 3 rings (SSSR count). The number of rotatable bonds is 7. The van der Waals surface area contributed by atoms with Crippen molar-refractivity contribution in [3.8, 4) is 0 Å². The first-order valence-electron chi connectivity index (χ1n) is 8.93. The molecule has 2 atom stereocenters. The molecule has 1 saturated heterocycles. The van der Waals surface area contributed by atoms with Crippen molar-refractivity contribution in [1.29, 1.82) is 0 Å². The van der Waals surface area contributed by atoms with Crippen LogP contribution in [0.5, 0.6) is 0 Å². The quantitative estimate of drug-likeness (QED) is 0.819. The maximum absolute atomic E-state index is 12.5. The molecule has 2 aromatic rings. The van der Waals surface area contributed by atoms with E-state index in [1.165, 1.54) is 11.1 Å². The topological polar surface area (TPSA) is 41.1 Å². The third-order valence-corrected chi connectivity index (χ3v) is 4.75. The molecular weight excluding hydrogens is 296 g/mol. The van der Waals surface area contributed by atoms with Gasteiger partial charge in [0.2, 0.25) is 5.91 Å². The van der Waals surface area contributed by atoms with Gasteiger partial charge in [-0.25, -0.2) is 0 Å². The highest BCUT2D eigenvalue weighted by Crippen LogP contribution is 2.21. The predicted molar refractivity (Wildman–Crippen MR) is 97.7 cm³/mol. The predicted octanol–water partition coefficient (Wildman–Crippen LogP) is 3.48. The van der Waals surface area contributed by atoms with Crippen LogP contribution in [0, 0.1) is 5.92 Å². The van der Waals surface area contributed by atoms with Crippen LogP contribution < -0.4 is 10.6 Å². The van der Waals surface area contributed by atoms with Crippen LogP contribution in [-0.4, -0.2) is 19.0 Å². The van der Waals surface area contributed by atoms with E-state index >= 15 is 0 Å². The SMILES string of the molecule is O=C(NC(CCCc1ccccc1)c1ccccc1)C1CCNC1. The molecule has 3 nitrogen and oxygen atoms in total. The molecule has 24 heavy (non-hydrogen) atoms. The molecule has 1 aliphatic heterocycles. The molecular formula is C21H26N2O. The lowest BCUT2D eigenvalue weighted by Crippen LogP contribution is -2.35. The van der Waals surface area contributed by atoms with Gasteiger partial charge >= 0.3 is 0 Å². The van der Waals surface area contributed by atoms with Gasteiger partial charge in [0, 0.05) is 6.54 Å². The summed E-state index contributed by atoms with van der Waals surface area (Å²) in [4.78, 5) is 12.5. The molecule has 2 N–H and O–H groups in total. The Morgan fingerprint density at radius 2 is 1.79 bits per heavy atom. The van der Waals surface area contributed by atoms with Gasteiger partial charge in [-0.1, -0.05) is 60.7 Å². The summed E-state index contributed by atoms with van der Waals surface area (Å²) >= 11 is 0. The fourth-order valence-electron chi connectivity index (χ4n) is 3.33. The zero-order chi connectivity index (χ0) is 16.6. The second-order valence-corrected chi connectivity index (χ2v) is 6.54. The fourth-order valence-corrected chi connectivity index (χ4v) is 3.33. The Labute approximate surface area is 144 Å². The van der Waals surface area contributed by atoms with Gasteiger partial charge in [0.05, 0.1) is 12.0 Å². The van der Waals surface area contributed by atoms with Gasteiger partial charge in [-0.15, -0.1) is 0 Å². The number of nitrogens with one attached hydrogen (secondary N) is 2. The minimum absolute atomic E-state index is 0.100. The summed E-state index contributed by atoms with van der Waals surface area (Å²) in [7, 11) is 0. The molecule has 1 heterocycles. The number of hydrogen-bond donors (Lipinski definition) is 2. The number of carbonyl (C=O) groups excluding carboxylic acids is 1. The van der Waals surface area contributed by atoms with Crippen LogP contribution in [0.2, 0.25) is 0 Å². The molecule has 1 aliphatic rings. The van der Waals surface area contributed by atoms with Gasteiger partial charge in [0.25, 0.3) is 0 Å². The molecule has 0 radical (unpaired) electrons. The average molecular weight is 322 g/mol. The van der Waals surface area contributed by atoms with Crippen molar-refractivity contribution in [2.24, 2.45) is 5.92 Å². The highest BCUT2D eigenvalue weighted by molar-refractivity contribution is 5.79. The maximum atomic E-state index is 12.5. The average Bonchev–Trinajstić information content (AvgIpc) is 3.17. The third kappa shape index (κ3) is 4.68. The number of aryl methyl sites for hydroxylation is 1. The minimum Gasteiger partial charge on any atom is -0.349 e. The number of amides is 1. The van der Waals surface area contributed by atoms with Crippen LogP contribution >= 0.6 is 0 Å². The molecule has 3 heteroatoms. The molecule has 1 fully saturated rings. The highest BCUT2D eigenvalue weighted by atomic mass is 16.2. The lowest BCUT2D eigenvalue weighted by atomic mass is 9.98. The van der Waals surface area contributed by atoms with Crippen LogP contribution in [0.4, 0.5) is 0 Å². The molecule has 0 bridgehead atoms. The normalized spacial score (nSPS) is 18.2. The first-order valence-corrected chi connectivity index (χ1v) is 8.93. The van der Waals surface area contributed by atoms with E-state index in [1.54, 1.807) is 0 Å². The van der Waals surface area contributed by atoms with Gasteiger partial charge < -0.3 is 10.6 Å². The summed E-state index contributed by atoms with van der Waals surface area (Å²) in [5.74, 6) is 0.305. The van der Waals surface area contributed by atoms with Crippen molar-refractivity contribution in [2.75, 3.05) is 13.1 Å².